The molecule has 1 aromatic heterocycles. The molecule has 2 aromatic rings. The molecule has 0 amide bonds. The fourth-order valence-corrected chi connectivity index (χ4v) is 1.82. The maximum Gasteiger partial charge on any atom is 0.221 e. The van der Waals surface area contributed by atoms with E-state index in [4.69, 9.17) is 16.3 Å². The van der Waals surface area contributed by atoms with E-state index in [1.54, 1.807) is 18.2 Å². The fourth-order valence-electron chi connectivity index (χ4n) is 1.56. The van der Waals surface area contributed by atoms with E-state index in [-0.39, 0.29) is 12.4 Å². The second-order valence-electron chi connectivity index (χ2n) is 3.68. The van der Waals surface area contributed by atoms with Crippen LogP contribution in [-0.2, 0) is 13.0 Å². The average Bonchev–Trinajstić information content (AvgIpc) is 2.38. The highest BCUT2D eigenvalue weighted by Crippen LogP contribution is 2.23. The zero-order valence-corrected chi connectivity index (χ0v) is 10.6. The van der Waals surface area contributed by atoms with Gasteiger partial charge in [-0.15, -0.1) is 0 Å². The smallest absolute Gasteiger partial charge is 0.221 e. The predicted octanol–water partition coefficient (Wildman–Crippen LogP) is 3.41. The number of hydrogen-bond acceptors (Lipinski definition) is 3. The Balaban J connectivity index is 2.16. The van der Waals surface area contributed by atoms with Crippen LogP contribution in [0.4, 0.5) is 4.39 Å². The molecule has 1 heterocycles. The van der Waals surface area contributed by atoms with Crippen molar-refractivity contribution in [2.24, 2.45) is 0 Å². The van der Waals surface area contributed by atoms with Crippen LogP contribution in [0, 0.1) is 5.82 Å². The minimum Gasteiger partial charge on any atom is -0.472 e. The number of rotatable bonds is 4. The number of hydrogen-bond donors (Lipinski definition) is 0. The maximum atomic E-state index is 13.4. The van der Waals surface area contributed by atoms with E-state index < -0.39 is 0 Å². The van der Waals surface area contributed by atoms with Gasteiger partial charge in [0.25, 0.3) is 0 Å². The molecule has 1 aromatic carbocycles. The monoisotopic (exact) mass is 266 g/mol. The van der Waals surface area contributed by atoms with Gasteiger partial charge < -0.3 is 4.74 Å². The summed E-state index contributed by atoms with van der Waals surface area (Å²) in [5.74, 6) is 0.108. The first kappa shape index (κ1) is 12.8. The van der Waals surface area contributed by atoms with E-state index in [1.165, 1.54) is 12.4 Å². The van der Waals surface area contributed by atoms with Crippen molar-refractivity contribution in [3.05, 3.63) is 52.7 Å². The van der Waals surface area contributed by atoms with E-state index in [1.807, 2.05) is 6.92 Å². The third-order valence-corrected chi connectivity index (χ3v) is 2.85. The van der Waals surface area contributed by atoms with Crippen LogP contribution in [0.2, 0.25) is 5.15 Å². The number of benzene rings is 1. The highest BCUT2D eigenvalue weighted by atomic mass is 35.5. The van der Waals surface area contributed by atoms with Gasteiger partial charge in [-0.25, -0.2) is 14.4 Å². The Morgan fingerprint density at radius 1 is 1.28 bits per heavy atom. The van der Waals surface area contributed by atoms with Crippen molar-refractivity contribution in [3.63, 3.8) is 0 Å². The Morgan fingerprint density at radius 2 is 2.06 bits per heavy atom. The average molecular weight is 267 g/mol. The number of halogens is 2. The zero-order chi connectivity index (χ0) is 13.0. The van der Waals surface area contributed by atoms with Gasteiger partial charge in [-0.2, -0.15) is 0 Å². The predicted molar refractivity (Wildman–Crippen MR) is 67.2 cm³/mol. The van der Waals surface area contributed by atoms with Gasteiger partial charge in [0.2, 0.25) is 5.88 Å². The molecular formula is C13H12ClFN2O. The molecule has 3 nitrogen and oxygen atoms in total. The lowest BCUT2D eigenvalue weighted by Gasteiger charge is -2.10. The van der Waals surface area contributed by atoms with Crippen LogP contribution < -0.4 is 4.74 Å². The Bertz CT molecular complexity index is 548. The summed E-state index contributed by atoms with van der Waals surface area (Å²) in [4.78, 5) is 7.90. The Labute approximate surface area is 110 Å². The molecule has 0 bridgehead atoms. The van der Waals surface area contributed by atoms with Crippen LogP contribution in [0.5, 0.6) is 5.88 Å². The summed E-state index contributed by atoms with van der Waals surface area (Å²) in [5, 5.41) is 0.371. The zero-order valence-electron chi connectivity index (χ0n) is 9.86. The molecule has 2 rings (SSSR count). The highest BCUT2D eigenvalue weighted by Gasteiger charge is 2.10. The summed E-state index contributed by atoms with van der Waals surface area (Å²) in [6.07, 6.45) is 1.99. The molecule has 0 N–H and O–H groups in total. The van der Waals surface area contributed by atoms with Crippen molar-refractivity contribution in [2.75, 3.05) is 0 Å². The quantitative estimate of drug-likeness (QED) is 0.796. The third kappa shape index (κ3) is 2.76. The van der Waals surface area contributed by atoms with Gasteiger partial charge in [0.1, 0.15) is 23.9 Å². The van der Waals surface area contributed by atoms with Crippen LogP contribution in [-0.4, -0.2) is 9.97 Å². The van der Waals surface area contributed by atoms with Crippen molar-refractivity contribution in [2.45, 2.75) is 20.0 Å². The molecule has 0 aliphatic rings. The van der Waals surface area contributed by atoms with Gasteiger partial charge in [0.05, 0.1) is 5.56 Å². The summed E-state index contributed by atoms with van der Waals surface area (Å²) in [6.45, 7) is 2.05. The second-order valence-corrected chi connectivity index (χ2v) is 4.04. The van der Waals surface area contributed by atoms with Gasteiger partial charge in [-0.3, -0.25) is 0 Å². The number of nitrogens with zero attached hydrogens (tertiary/aromatic N) is 2. The normalized spacial score (nSPS) is 10.4. The van der Waals surface area contributed by atoms with E-state index in [0.717, 1.165) is 5.56 Å². The minimum atomic E-state index is -0.296. The van der Waals surface area contributed by atoms with Crippen LogP contribution in [0.1, 0.15) is 18.1 Å². The van der Waals surface area contributed by atoms with Crippen LogP contribution >= 0.6 is 11.6 Å². The molecular weight excluding hydrogens is 255 g/mol. The molecule has 0 saturated heterocycles. The van der Waals surface area contributed by atoms with Gasteiger partial charge >= 0.3 is 0 Å². The molecule has 0 fully saturated rings. The molecule has 0 atom stereocenters. The van der Waals surface area contributed by atoms with Crippen LogP contribution in [0.25, 0.3) is 0 Å². The van der Waals surface area contributed by atoms with E-state index in [0.29, 0.717) is 23.0 Å². The third-order valence-electron chi connectivity index (χ3n) is 2.53. The summed E-state index contributed by atoms with van der Waals surface area (Å²) in [7, 11) is 0. The molecule has 18 heavy (non-hydrogen) atoms. The Hall–Kier alpha value is -1.68. The molecule has 0 radical (unpaired) electrons. The first-order valence-electron chi connectivity index (χ1n) is 5.58. The van der Waals surface area contributed by atoms with Crippen LogP contribution in [0.3, 0.4) is 0 Å². The standard InChI is InChI=1S/C13H12ClFN2O/c1-2-10-12(14)16-8-17-13(10)18-7-9-5-3-4-6-11(9)15/h3-6,8H,2,7H2,1H3. The summed E-state index contributed by atoms with van der Waals surface area (Å²) in [6, 6.07) is 6.46. The van der Waals surface area contributed by atoms with Crippen molar-refractivity contribution in [1.29, 1.82) is 0 Å². The Morgan fingerprint density at radius 3 is 2.78 bits per heavy atom. The molecule has 0 aliphatic heterocycles. The Kier molecular flexibility index (Phi) is 4.10. The van der Waals surface area contributed by atoms with Gasteiger partial charge in [0, 0.05) is 5.56 Å². The maximum absolute atomic E-state index is 13.4. The minimum absolute atomic E-state index is 0.118. The fraction of sp³-hybridized carbons (Fsp3) is 0.231. The van der Waals surface area contributed by atoms with E-state index in [2.05, 4.69) is 9.97 Å². The van der Waals surface area contributed by atoms with Gasteiger partial charge in [0.15, 0.2) is 0 Å². The number of ether oxygens (including phenoxy) is 1. The molecule has 0 saturated carbocycles. The topological polar surface area (TPSA) is 35.0 Å². The van der Waals surface area contributed by atoms with Gasteiger partial charge in [-0.05, 0) is 12.5 Å². The molecule has 5 heteroatoms. The lowest BCUT2D eigenvalue weighted by atomic mass is 10.2. The first-order valence-corrected chi connectivity index (χ1v) is 5.95. The molecule has 94 valence electrons. The summed E-state index contributed by atoms with van der Waals surface area (Å²) in [5.41, 5.74) is 1.21. The lowest BCUT2D eigenvalue weighted by molar-refractivity contribution is 0.284. The highest BCUT2D eigenvalue weighted by molar-refractivity contribution is 6.30. The first-order chi connectivity index (χ1) is 8.72. The second kappa shape index (κ2) is 5.78. The largest absolute Gasteiger partial charge is 0.472 e. The van der Waals surface area contributed by atoms with Crippen molar-refractivity contribution >= 4 is 11.6 Å². The molecule has 0 aliphatic carbocycles. The lowest BCUT2D eigenvalue weighted by Crippen LogP contribution is -2.03. The van der Waals surface area contributed by atoms with Crippen molar-refractivity contribution in [3.8, 4) is 5.88 Å². The summed E-state index contributed by atoms with van der Waals surface area (Å²) >= 11 is 5.94. The van der Waals surface area contributed by atoms with Crippen molar-refractivity contribution in [1.82, 2.24) is 9.97 Å². The SMILES string of the molecule is CCc1c(Cl)ncnc1OCc1ccccc1F. The van der Waals surface area contributed by atoms with E-state index >= 15 is 0 Å². The molecule has 0 spiro atoms. The van der Waals surface area contributed by atoms with Crippen LogP contribution in [0.15, 0.2) is 30.6 Å². The summed E-state index contributed by atoms with van der Waals surface area (Å²) < 4.78 is 18.9. The van der Waals surface area contributed by atoms with Crippen molar-refractivity contribution < 1.29 is 9.13 Å². The molecule has 0 unspecified atom stereocenters. The van der Waals surface area contributed by atoms with Gasteiger partial charge in [-0.1, -0.05) is 36.7 Å². The number of aromatic nitrogens is 2. The van der Waals surface area contributed by atoms with E-state index in [9.17, 15) is 4.39 Å².